The highest BCUT2D eigenvalue weighted by Gasteiger charge is 2.21. The predicted molar refractivity (Wildman–Crippen MR) is 106 cm³/mol. The Bertz CT molecular complexity index is 461. The molecule has 0 saturated heterocycles. The molecule has 0 aliphatic heterocycles. The number of hydrogen-bond acceptors (Lipinski definition) is 3. The number of thiazole rings is 1. The molecule has 0 spiro atoms. The summed E-state index contributed by atoms with van der Waals surface area (Å²) in [6, 6.07) is 0. The largest absolute Gasteiger partial charge is 0.356 e. The van der Waals surface area contributed by atoms with Gasteiger partial charge in [0.1, 0.15) is 5.01 Å². The Labute approximate surface area is 155 Å². The van der Waals surface area contributed by atoms with Crippen LogP contribution in [0.3, 0.4) is 0 Å². The highest BCUT2D eigenvalue weighted by atomic mass is 127. The van der Waals surface area contributed by atoms with Crippen LogP contribution in [-0.4, -0.2) is 24.5 Å². The van der Waals surface area contributed by atoms with E-state index in [0.717, 1.165) is 42.3 Å². The third-order valence-corrected chi connectivity index (χ3v) is 5.54. The molecular weight excluding hydrogens is 407 g/mol. The molecule has 2 N–H and O–H groups in total. The summed E-state index contributed by atoms with van der Waals surface area (Å²) in [7, 11) is 1.83. The molecule has 1 aromatic heterocycles. The number of halogens is 1. The lowest BCUT2D eigenvalue weighted by Gasteiger charge is -2.29. The molecule has 4 nitrogen and oxygen atoms in total. The molecule has 1 aliphatic rings. The van der Waals surface area contributed by atoms with Crippen LogP contribution in [0.4, 0.5) is 0 Å². The lowest BCUT2D eigenvalue weighted by atomic mass is 9.80. The molecule has 0 radical (unpaired) electrons. The minimum absolute atomic E-state index is 0. The van der Waals surface area contributed by atoms with E-state index in [-0.39, 0.29) is 24.0 Å². The number of guanidine groups is 1. The molecule has 1 aromatic rings. The number of aromatic nitrogens is 1. The van der Waals surface area contributed by atoms with Crippen molar-refractivity contribution in [2.45, 2.75) is 52.5 Å². The molecule has 2 unspecified atom stereocenters. The summed E-state index contributed by atoms with van der Waals surface area (Å²) < 4.78 is 0. The second kappa shape index (κ2) is 10.4. The first-order chi connectivity index (χ1) is 10.2. The molecule has 1 aliphatic carbocycles. The topological polar surface area (TPSA) is 49.3 Å². The first-order valence-electron chi connectivity index (χ1n) is 8.11. The molecule has 0 aromatic carbocycles. The van der Waals surface area contributed by atoms with E-state index >= 15 is 0 Å². The monoisotopic (exact) mass is 436 g/mol. The SMILES string of the molecule is CCc1cnc(CNC(=NC)NCC2CCCCC2C)s1.I. The van der Waals surface area contributed by atoms with E-state index in [4.69, 9.17) is 0 Å². The standard InChI is InChI=1S/C16H28N4S.HI/c1-4-14-10-18-15(21-14)11-20-16(17-3)19-9-13-8-6-5-7-12(13)2;/h10,12-13H,4-9,11H2,1-3H3,(H2,17,19,20);1H. The van der Waals surface area contributed by atoms with Gasteiger partial charge in [-0.1, -0.05) is 33.1 Å². The van der Waals surface area contributed by atoms with Crippen molar-refractivity contribution in [1.82, 2.24) is 15.6 Å². The first kappa shape index (κ1) is 19.7. The Kier molecular flexibility index (Phi) is 9.31. The second-order valence-corrected chi connectivity index (χ2v) is 7.10. The Morgan fingerprint density at radius 1 is 1.36 bits per heavy atom. The van der Waals surface area contributed by atoms with Gasteiger partial charge in [-0.15, -0.1) is 35.3 Å². The summed E-state index contributed by atoms with van der Waals surface area (Å²) >= 11 is 1.78. The van der Waals surface area contributed by atoms with Gasteiger partial charge in [0, 0.05) is 24.7 Å². The van der Waals surface area contributed by atoms with Crippen molar-refractivity contribution in [2.24, 2.45) is 16.8 Å². The van der Waals surface area contributed by atoms with Crippen LogP contribution in [0.5, 0.6) is 0 Å². The average molecular weight is 436 g/mol. The third-order valence-electron chi connectivity index (χ3n) is 4.40. The maximum atomic E-state index is 4.43. The molecule has 2 rings (SSSR count). The van der Waals surface area contributed by atoms with Gasteiger partial charge in [-0.25, -0.2) is 4.98 Å². The average Bonchev–Trinajstić information content (AvgIpc) is 2.97. The minimum Gasteiger partial charge on any atom is -0.356 e. The van der Waals surface area contributed by atoms with Crippen LogP contribution < -0.4 is 10.6 Å². The first-order valence-corrected chi connectivity index (χ1v) is 8.92. The van der Waals surface area contributed by atoms with E-state index in [9.17, 15) is 0 Å². The molecule has 1 saturated carbocycles. The van der Waals surface area contributed by atoms with Crippen molar-refractivity contribution in [3.63, 3.8) is 0 Å². The zero-order valence-corrected chi connectivity index (χ0v) is 17.0. The maximum absolute atomic E-state index is 4.43. The zero-order valence-electron chi connectivity index (χ0n) is 13.9. The van der Waals surface area contributed by atoms with Crippen molar-refractivity contribution in [2.75, 3.05) is 13.6 Å². The van der Waals surface area contributed by atoms with Gasteiger partial charge >= 0.3 is 0 Å². The van der Waals surface area contributed by atoms with Crippen molar-refractivity contribution < 1.29 is 0 Å². The molecule has 1 fully saturated rings. The van der Waals surface area contributed by atoms with Crippen LogP contribution >= 0.6 is 35.3 Å². The Morgan fingerprint density at radius 3 is 2.77 bits per heavy atom. The van der Waals surface area contributed by atoms with Crippen LogP contribution in [0.15, 0.2) is 11.2 Å². The van der Waals surface area contributed by atoms with Gasteiger partial charge in [-0.05, 0) is 24.7 Å². The quantitative estimate of drug-likeness (QED) is 0.419. The van der Waals surface area contributed by atoms with Crippen LogP contribution in [-0.2, 0) is 13.0 Å². The van der Waals surface area contributed by atoms with E-state index < -0.39 is 0 Å². The summed E-state index contributed by atoms with van der Waals surface area (Å²) in [5, 5.41) is 7.97. The van der Waals surface area contributed by atoms with E-state index in [1.54, 1.807) is 11.3 Å². The van der Waals surface area contributed by atoms with Crippen LogP contribution in [0, 0.1) is 11.8 Å². The van der Waals surface area contributed by atoms with Crippen LogP contribution in [0.1, 0.15) is 49.4 Å². The van der Waals surface area contributed by atoms with E-state index in [1.165, 1.54) is 30.6 Å². The minimum atomic E-state index is 0. The van der Waals surface area contributed by atoms with Crippen molar-refractivity contribution in [3.8, 4) is 0 Å². The van der Waals surface area contributed by atoms with Gasteiger partial charge in [-0.3, -0.25) is 4.99 Å². The van der Waals surface area contributed by atoms with E-state index in [2.05, 4.69) is 34.5 Å². The smallest absolute Gasteiger partial charge is 0.191 e. The van der Waals surface area contributed by atoms with Gasteiger partial charge in [0.25, 0.3) is 0 Å². The summed E-state index contributed by atoms with van der Waals surface area (Å²) in [5.74, 6) is 2.50. The number of aryl methyl sites for hydroxylation is 1. The maximum Gasteiger partial charge on any atom is 0.191 e. The number of nitrogens with zero attached hydrogens (tertiary/aromatic N) is 2. The molecule has 0 bridgehead atoms. The summed E-state index contributed by atoms with van der Waals surface area (Å²) in [6.07, 6.45) is 8.52. The molecule has 126 valence electrons. The Balaban J connectivity index is 0.00000242. The summed E-state index contributed by atoms with van der Waals surface area (Å²) in [6.45, 7) is 6.32. The fourth-order valence-electron chi connectivity index (χ4n) is 2.90. The van der Waals surface area contributed by atoms with Gasteiger partial charge in [0.15, 0.2) is 5.96 Å². The van der Waals surface area contributed by atoms with Crippen LogP contribution in [0.2, 0.25) is 0 Å². The highest BCUT2D eigenvalue weighted by Crippen LogP contribution is 2.28. The molecule has 1 heterocycles. The summed E-state index contributed by atoms with van der Waals surface area (Å²) in [5.41, 5.74) is 0. The Morgan fingerprint density at radius 2 is 2.14 bits per heavy atom. The third kappa shape index (κ3) is 6.02. The lowest BCUT2D eigenvalue weighted by Crippen LogP contribution is -2.41. The van der Waals surface area contributed by atoms with Gasteiger partial charge in [-0.2, -0.15) is 0 Å². The van der Waals surface area contributed by atoms with Crippen molar-refractivity contribution in [3.05, 3.63) is 16.1 Å². The molecule has 2 atom stereocenters. The number of nitrogens with one attached hydrogen (secondary N) is 2. The number of rotatable bonds is 5. The highest BCUT2D eigenvalue weighted by molar-refractivity contribution is 14.0. The van der Waals surface area contributed by atoms with Gasteiger partial charge in [0.05, 0.1) is 6.54 Å². The van der Waals surface area contributed by atoms with Crippen molar-refractivity contribution in [1.29, 1.82) is 0 Å². The Hall–Kier alpha value is -0.370. The summed E-state index contributed by atoms with van der Waals surface area (Å²) in [4.78, 5) is 10.1. The van der Waals surface area contributed by atoms with Gasteiger partial charge < -0.3 is 10.6 Å². The number of hydrogen-bond donors (Lipinski definition) is 2. The second-order valence-electron chi connectivity index (χ2n) is 5.90. The molecular formula is C16H29IN4S. The number of aliphatic imine (C=N–C) groups is 1. The van der Waals surface area contributed by atoms with E-state index in [0.29, 0.717) is 0 Å². The van der Waals surface area contributed by atoms with E-state index in [1.807, 2.05) is 13.2 Å². The van der Waals surface area contributed by atoms with Crippen LogP contribution in [0.25, 0.3) is 0 Å². The normalized spacial score (nSPS) is 22.0. The fourth-order valence-corrected chi connectivity index (χ4v) is 3.70. The zero-order chi connectivity index (χ0) is 15.1. The van der Waals surface area contributed by atoms with Gasteiger partial charge in [0.2, 0.25) is 0 Å². The molecule has 6 heteroatoms. The lowest BCUT2D eigenvalue weighted by molar-refractivity contribution is 0.256. The molecule has 22 heavy (non-hydrogen) atoms. The van der Waals surface area contributed by atoms with Crippen molar-refractivity contribution >= 4 is 41.3 Å². The molecule has 0 amide bonds. The predicted octanol–water partition coefficient (Wildman–Crippen LogP) is 3.81. The fraction of sp³-hybridized carbons (Fsp3) is 0.750.